The zero-order valence-electron chi connectivity index (χ0n) is 12.3. The topological polar surface area (TPSA) is 79.0 Å². The zero-order chi connectivity index (χ0) is 15.2. The summed E-state index contributed by atoms with van der Waals surface area (Å²) < 4.78 is 0. The van der Waals surface area contributed by atoms with Crippen LogP contribution in [0, 0.1) is 27.4 Å². The summed E-state index contributed by atoms with van der Waals surface area (Å²) in [5.74, 6) is 0.630. The van der Waals surface area contributed by atoms with Crippen LogP contribution < -0.4 is 5.32 Å². The van der Waals surface area contributed by atoms with E-state index < -0.39 is 4.92 Å². The summed E-state index contributed by atoms with van der Waals surface area (Å²) in [6.45, 7) is 2.14. The monoisotopic (exact) mass is 287 g/mol. The molecular formula is C16H21N3O2. The van der Waals surface area contributed by atoms with Gasteiger partial charge in [0.05, 0.1) is 16.2 Å². The van der Waals surface area contributed by atoms with Crippen molar-refractivity contribution in [1.29, 1.82) is 5.26 Å². The fraction of sp³-hybridized carbons (Fsp3) is 0.562. The lowest BCUT2D eigenvalue weighted by Crippen LogP contribution is -2.30. The molecule has 5 heteroatoms. The average molecular weight is 287 g/mol. The van der Waals surface area contributed by atoms with E-state index in [0.29, 0.717) is 23.2 Å². The van der Waals surface area contributed by atoms with Crippen LogP contribution in [0.1, 0.15) is 51.0 Å². The molecule has 1 aromatic carbocycles. The van der Waals surface area contributed by atoms with Crippen molar-refractivity contribution in [2.75, 3.05) is 5.32 Å². The molecule has 0 heterocycles. The number of nitro benzene ring substituents is 1. The van der Waals surface area contributed by atoms with Gasteiger partial charge in [-0.1, -0.05) is 26.2 Å². The second-order valence-corrected chi connectivity index (χ2v) is 5.66. The largest absolute Gasteiger partial charge is 0.381 e. The lowest BCUT2D eigenvalue weighted by molar-refractivity contribution is -0.384. The van der Waals surface area contributed by atoms with Crippen LogP contribution in [-0.2, 0) is 0 Å². The number of non-ortho nitro benzene ring substituents is 1. The quantitative estimate of drug-likeness (QED) is 0.649. The molecule has 0 radical (unpaired) electrons. The molecule has 0 bridgehead atoms. The van der Waals surface area contributed by atoms with Crippen molar-refractivity contribution >= 4 is 11.4 Å². The van der Waals surface area contributed by atoms with Crippen molar-refractivity contribution in [3.8, 4) is 6.07 Å². The van der Waals surface area contributed by atoms with Gasteiger partial charge in [-0.15, -0.1) is 0 Å². The normalized spacial score (nSPS) is 17.0. The van der Waals surface area contributed by atoms with Crippen LogP contribution in [0.5, 0.6) is 0 Å². The Hall–Kier alpha value is -2.09. The van der Waals surface area contributed by atoms with Gasteiger partial charge in [0.2, 0.25) is 0 Å². The first-order valence-corrected chi connectivity index (χ1v) is 7.60. The second-order valence-electron chi connectivity index (χ2n) is 5.66. The molecular weight excluding hydrogens is 266 g/mol. The van der Waals surface area contributed by atoms with Crippen LogP contribution in [0.4, 0.5) is 11.4 Å². The molecule has 112 valence electrons. The van der Waals surface area contributed by atoms with Crippen molar-refractivity contribution in [1.82, 2.24) is 0 Å². The average Bonchev–Trinajstić information content (AvgIpc) is 2.53. The molecule has 1 aliphatic carbocycles. The van der Waals surface area contributed by atoms with Gasteiger partial charge in [0, 0.05) is 18.2 Å². The molecule has 1 N–H and O–H groups in total. The third-order valence-electron chi connectivity index (χ3n) is 4.33. The van der Waals surface area contributed by atoms with E-state index in [1.54, 1.807) is 6.07 Å². The number of hydrogen-bond donors (Lipinski definition) is 1. The first kappa shape index (κ1) is 15.3. The summed E-state index contributed by atoms with van der Waals surface area (Å²) in [7, 11) is 0. The summed E-state index contributed by atoms with van der Waals surface area (Å²) >= 11 is 0. The Kier molecular flexibility index (Phi) is 5.15. The SMILES string of the molecule is CCC(Nc1ccc([N+](=O)[O-])cc1C#N)C1CCCCC1. The minimum Gasteiger partial charge on any atom is -0.381 e. The number of hydrogen-bond acceptors (Lipinski definition) is 4. The number of anilines is 1. The fourth-order valence-electron chi connectivity index (χ4n) is 3.15. The first-order valence-electron chi connectivity index (χ1n) is 7.60. The number of nitriles is 1. The molecule has 1 aromatic rings. The zero-order valence-corrected chi connectivity index (χ0v) is 12.3. The number of rotatable bonds is 5. The third-order valence-corrected chi connectivity index (χ3v) is 4.33. The Morgan fingerprint density at radius 2 is 2.14 bits per heavy atom. The smallest absolute Gasteiger partial charge is 0.270 e. The Morgan fingerprint density at radius 1 is 1.43 bits per heavy atom. The van der Waals surface area contributed by atoms with Crippen LogP contribution in [-0.4, -0.2) is 11.0 Å². The van der Waals surface area contributed by atoms with Gasteiger partial charge in [0.15, 0.2) is 0 Å². The van der Waals surface area contributed by atoms with E-state index in [1.807, 2.05) is 0 Å². The Balaban J connectivity index is 2.17. The minimum atomic E-state index is -0.469. The van der Waals surface area contributed by atoms with E-state index in [0.717, 1.165) is 6.42 Å². The highest BCUT2D eigenvalue weighted by Crippen LogP contribution is 2.31. The molecule has 21 heavy (non-hydrogen) atoms. The highest BCUT2D eigenvalue weighted by atomic mass is 16.6. The summed E-state index contributed by atoms with van der Waals surface area (Å²) in [5.41, 5.74) is 1.02. The number of nitrogens with zero attached hydrogens (tertiary/aromatic N) is 2. The van der Waals surface area contributed by atoms with Gasteiger partial charge in [0.1, 0.15) is 6.07 Å². The van der Waals surface area contributed by atoms with Gasteiger partial charge < -0.3 is 5.32 Å². The maximum Gasteiger partial charge on any atom is 0.270 e. The minimum absolute atomic E-state index is 0.0391. The van der Waals surface area contributed by atoms with E-state index in [9.17, 15) is 15.4 Å². The summed E-state index contributed by atoms with van der Waals surface area (Å²) in [6.07, 6.45) is 7.30. The van der Waals surface area contributed by atoms with Gasteiger partial charge in [-0.05, 0) is 31.2 Å². The van der Waals surface area contributed by atoms with Crippen LogP contribution in [0.15, 0.2) is 18.2 Å². The molecule has 1 aliphatic rings. The van der Waals surface area contributed by atoms with Crippen LogP contribution >= 0.6 is 0 Å². The molecule has 1 saturated carbocycles. The molecule has 5 nitrogen and oxygen atoms in total. The van der Waals surface area contributed by atoms with Crippen molar-refractivity contribution in [2.45, 2.75) is 51.5 Å². The first-order chi connectivity index (χ1) is 10.2. The number of nitrogens with one attached hydrogen (secondary N) is 1. The third kappa shape index (κ3) is 3.72. The molecule has 1 fully saturated rings. The lowest BCUT2D eigenvalue weighted by Gasteiger charge is -2.31. The van der Waals surface area contributed by atoms with Crippen LogP contribution in [0.3, 0.4) is 0 Å². The van der Waals surface area contributed by atoms with Crippen LogP contribution in [0.25, 0.3) is 0 Å². The molecule has 1 atom stereocenters. The maximum atomic E-state index is 10.8. The molecule has 0 spiro atoms. The summed E-state index contributed by atoms with van der Waals surface area (Å²) in [4.78, 5) is 10.3. The van der Waals surface area contributed by atoms with E-state index in [-0.39, 0.29) is 5.69 Å². The Morgan fingerprint density at radius 3 is 2.71 bits per heavy atom. The predicted molar refractivity (Wildman–Crippen MR) is 82.1 cm³/mol. The second kappa shape index (κ2) is 7.07. The molecule has 0 amide bonds. The van der Waals surface area contributed by atoms with E-state index in [1.165, 1.54) is 44.2 Å². The van der Waals surface area contributed by atoms with Crippen molar-refractivity contribution in [3.63, 3.8) is 0 Å². The number of nitro groups is 1. The van der Waals surface area contributed by atoms with Crippen molar-refractivity contribution < 1.29 is 4.92 Å². The van der Waals surface area contributed by atoms with E-state index in [4.69, 9.17) is 0 Å². The van der Waals surface area contributed by atoms with Crippen LogP contribution in [0.2, 0.25) is 0 Å². The standard InChI is InChI=1S/C16H21N3O2/c1-2-15(12-6-4-3-5-7-12)18-16-9-8-14(19(20)21)10-13(16)11-17/h8-10,12,15,18H,2-7H2,1H3. The molecule has 2 rings (SSSR count). The molecule has 0 saturated heterocycles. The van der Waals surface area contributed by atoms with Crippen molar-refractivity contribution in [2.24, 2.45) is 5.92 Å². The summed E-state index contributed by atoms with van der Waals surface area (Å²) in [5, 5.41) is 23.4. The van der Waals surface area contributed by atoms with E-state index >= 15 is 0 Å². The maximum absolute atomic E-state index is 10.8. The predicted octanol–water partition coefficient (Wildman–Crippen LogP) is 4.24. The summed E-state index contributed by atoms with van der Waals surface area (Å²) in [6, 6.07) is 6.84. The molecule has 1 unspecified atom stereocenters. The number of benzene rings is 1. The highest BCUT2D eigenvalue weighted by molar-refractivity contribution is 5.61. The van der Waals surface area contributed by atoms with E-state index in [2.05, 4.69) is 18.3 Å². The van der Waals surface area contributed by atoms with Crippen molar-refractivity contribution in [3.05, 3.63) is 33.9 Å². The van der Waals surface area contributed by atoms with Gasteiger partial charge in [-0.2, -0.15) is 5.26 Å². The molecule has 0 aliphatic heterocycles. The van der Waals surface area contributed by atoms with Gasteiger partial charge >= 0.3 is 0 Å². The van der Waals surface area contributed by atoms with Gasteiger partial charge in [0.25, 0.3) is 5.69 Å². The fourth-order valence-corrected chi connectivity index (χ4v) is 3.15. The molecule has 0 aromatic heterocycles. The van der Waals surface area contributed by atoms with Gasteiger partial charge in [-0.25, -0.2) is 0 Å². The van der Waals surface area contributed by atoms with Gasteiger partial charge in [-0.3, -0.25) is 10.1 Å². The highest BCUT2D eigenvalue weighted by Gasteiger charge is 2.23. The lowest BCUT2D eigenvalue weighted by atomic mass is 9.82. The Bertz CT molecular complexity index is 545. The Labute approximate surface area is 125 Å².